The monoisotopic (exact) mass is 282 g/mol. The molecule has 5 heteroatoms. The first-order valence-electron chi connectivity index (χ1n) is 7.32. The van der Waals surface area contributed by atoms with Gasteiger partial charge in [0, 0.05) is 18.6 Å². The zero-order valence-corrected chi connectivity index (χ0v) is 11.8. The van der Waals surface area contributed by atoms with Crippen molar-refractivity contribution in [1.82, 2.24) is 20.3 Å². The van der Waals surface area contributed by atoms with Gasteiger partial charge in [-0.3, -0.25) is 14.8 Å². The van der Waals surface area contributed by atoms with Gasteiger partial charge in [0.15, 0.2) is 0 Å². The molecule has 2 heterocycles. The zero-order valence-electron chi connectivity index (χ0n) is 11.8. The van der Waals surface area contributed by atoms with Gasteiger partial charge in [0.1, 0.15) is 5.69 Å². The first kappa shape index (κ1) is 13.7. The lowest BCUT2D eigenvalue weighted by Crippen LogP contribution is -2.33. The number of rotatable bonds is 4. The molecule has 2 aromatic heterocycles. The number of nitrogens with one attached hydrogen (secondary N) is 1. The van der Waals surface area contributed by atoms with E-state index in [0.717, 1.165) is 18.5 Å². The number of pyridine rings is 1. The third kappa shape index (κ3) is 3.24. The maximum Gasteiger partial charge on any atom is 0.272 e. The Morgan fingerprint density at radius 3 is 2.67 bits per heavy atom. The molecule has 0 aromatic carbocycles. The van der Waals surface area contributed by atoms with Crippen molar-refractivity contribution in [2.45, 2.75) is 31.7 Å². The number of aromatic nitrogens is 3. The molecule has 1 amide bonds. The summed E-state index contributed by atoms with van der Waals surface area (Å²) in [4.78, 5) is 24.8. The number of hydrogen-bond donors (Lipinski definition) is 1. The van der Waals surface area contributed by atoms with E-state index in [4.69, 9.17) is 0 Å². The number of amides is 1. The smallest absolute Gasteiger partial charge is 0.272 e. The third-order valence-corrected chi connectivity index (χ3v) is 3.96. The lowest BCUT2D eigenvalue weighted by Gasteiger charge is -2.24. The summed E-state index contributed by atoms with van der Waals surface area (Å²) in [6.45, 7) is 0. The predicted octanol–water partition coefficient (Wildman–Crippen LogP) is 2.53. The fraction of sp³-hybridized carbons (Fsp3) is 0.375. The average Bonchev–Trinajstić information content (AvgIpc) is 3.08. The maximum atomic E-state index is 12.3. The molecule has 5 nitrogen and oxygen atoms in total. The van der Waals surface area contributed by atoms with Crippen LogP contribution in [0.15, 0.2) is 43.0 Å². The summed E-state index contributed by atoms with van der Waals surface area (Å²) < 4.78 is 0. The minimum absolute atomic E-state index is 0.0526. The SMILES string of the molecule is O=C(NC(c1ccccn1)C1CCCC1)c1cnccn1. The zero-order chi connectivity index (χ0) is 14.5. The Balaban J connectivity index is 1.81. The molecule has 0 spiro atoms. The Bertz CT molecular complexity index is 582. The van der Waals surface area contributed by atoms with E-state index < -0.39 is 0 Å². The quantitative estimate of drug-likeness (QED) is 0.935. The van der Waals surface area contributed by atoms with Gasteiger partial charge in [-0.05, 0) is 30.9 Å². The van der Waals surface area contributed by atoms with Gasteiger partial charge in [-0.15, -0.1) is 0 Å². The molecule has 21 heavy (non-hydrogen) atoms. The van der Waals surface area contributed by atoms with Crippen molar-refractivity contribution < 1.29 is 4.79 Å². The molecule has 1 aliphatic rings. The molecule has 0 bridgehead atoms. The fourth-order valence-corrected chi connectivity index (χ4v) is 2.92. The summed E-state index contributed by atoms with van der Waals surface area (Å²) in [7, 11) is 0. The van der Waals surface area contributed by atoms with E-state index in [9.17, 15) is 4.79 Å². The Kier molecular flexibility index (Phi) is 4.19. The van der Waals surface area contributed by atoms with Crippen LogP contribution < -0.4 is 5.32 Å². The summed E-state index contributed by atoms with van der Waals surface area (Å²) in [5.74, 6) is 0.256. The maximum absolute atomic E-state index is 12.3. The Morgan fingerprint density at radius 1 is 1.14 bits per heavy atom. The molecular weight excluding hydrogens is 264 g/mol. The average molecular weight is 282 g/mol. The van der Waals surface area contributed by atoms with Gasteiger partial charge in [-0.1, -0.05) is 18.9 Å². The fourth-order valence-electron chi connectivity index (χ4n) is 2.92. The van der Waals surface area contributed by atoms with Crippen molar-refractivity contribution in [2.75, 3.05) is 0 Å². The largest absolute Gasteiger partial charge is 0.342 e. The summed E-state index contributed by atoms with van der Waals surface area (Å²) in [6.07, 6.45) is 11.0. The van der Waals surface area contributed by atoms with E-state index in [1.165, 1.54) is 25.2 Å². The molecule has 1 saturated carbocycles. The molecule has 0 aliphatic heterocycles. The second-order valence-corrected chi connectivity index (χ2v) is 5.34. The lowest BCUT2D eigenvalue weighted by atomic mass is 9.94. The highest BCUT2D eigenvalue weighted by atomic mass is 16.1. The summed E-state index contributed by atoms with van der Waals surface area (Å²) in [5.41, 5.74) is 1.26. The van der Waals surface area contributed by atoms with Crippen molar-refractivity contribution in [1.29, 1.82) is 0 Å². The van der Waals surface area contributed by atoms with Crippen LogP contribution in [0.2, 0.25) is 0 Å². The van der Waals surface area contributed by atoms with Crippen LogP contribution in [0.3, 0.4) is 0 Å². The minimum atomic E-state index is -0.189. The van der Waals surface area contributed by atoms with Crippen molar-refractivity contribution in [3.63, 3.8) is 0 Å². The van der Waals surface area contributed by atoms with Gasteiger partial charge in [0.25, 0.3) is 5.91 Å². The number of hydrogen-bond acceptors (Lipinski definition) is 4. The van der Waals surface area contributed by atoms with Crippen LogP contribution in [0.1, 0.15) is 47.9 Å². The van der Waals surface area contributed by atoms with Gasteiger partial charge in [0.2, 0.25) is 0 Å². The van der Waals surface area contributed by atoms with Crippen molar-refractivity contribution in [3.8, 4) is 0 Å². The normalized spacial score (nSPS) is 16.6. The number of carbonyl (C=O) groups is 1. The second kappa shape index (κ2) is 6.43. The molecule has 1 N–H and O–H groups in total. The molecular formula is C16H18N4O. The number of carbonyl (C=O) groups excluding carboxylic acids is 1. The third-order valence-electron chi connectivity index (χ3n) is 3.96. The van der Waals surface area contributed by atoms with Crippen LogP contribution >= 0.6 is 0 Å². The van der Waals surface area contributed by atoms with E-state index in [0.29, 0.717) is 11.6 Å². The molecule has 1 aliphatic carbocycles. The van der Waals surface area contributed by atoms with Crippen LogP contribution in [0, 0.1) is 5.92 Å². The van der Waals surface area contributed by atoms with Crippen LogP contribution in [-0.4, -0.2) is 20.9 Å². The van der Waals surface area contributed by atoms with Crippen LogP contribution in [0.25, 0.3) is 0 Å². The van der Waals surface area contributed by atoms with Crippen molar-refractivity contribution in [3.05, 3.63) is 54.4 Å². The second-order valence-electron chi connectivity index (χ2n) is 5.34. The Labute approximate surface area is 123 Å². The number of nitrogens with zero attached hydrogens (tertiary/aromatic N) is 3. The molecule has 0 saturated heterocycles. The minimum Gasteiger partial charge on any atom is -0.342 e. The van der Waals surface area contributed by atoms with Crippen LogP contribution in [0.4, 0.5) is 0 Å². The van der Waals surface area contributed by atoms with E-state index in [2.05, 4.69) is 20.3 Å². The Morgan fingerprint density at radius 2 is 2.00 bits per heavy atom. The van der Waals surface area contributed by atoms with E-state index in [-0.39, 0.29) is 11.9 Å². The lowest BCUT2D eigenvalue weighted by molar-refractivity contribution is 0.0915. The van der Waals surface area contributed by atoms with E-state index >= 15 is 0 Å². The van der Waals surface area contributed by atoms with Gasteiger partial charge in [-0.25, -0.2) is 4.98 Å². The summed E-state index contributed by atoms with van der Waals surface area (Å²) in [5, 5.41) is 3.09. The molecule has 1 fully saturated rings. The molecule has 2 aromatic rings. The predicted molar refractivity (Wildman–Crippen MR) is 78.4 cm³/mol. The molecule has 1 atom stereocenters. The topological polar surface area (TPSA) is 67.8 Å². The highest BCUT2D eigenvalue weighted by molar-refractivity contribution is 5.92. The highest BCUT2D eigenvalue weighted by Crippen LogP contribution is 2.35. The van der Waals surface area contributed by atoms with Gasteiger partial charge in [-0.2, -0.15) is 0 Å². The van der Waals surface area contributed by atoms with Crippen LogP contribution in [0.5, 0.6) is 0 Å². The highest BCUT2D eigenvalue weighted by Gasteiger charge is 2.29. The molecule has 1 unspecified atom stereocenters. The van der Waals surface area contributed by atoms with Gasteiger partial charge >= 0.3 is 0 Å². The standard InChI is InChI=1S/C16H18N4O/c21-16(14-11-17-9-10-19-14)20-15(12-5-1-2-6-12)13-7-3-4-8-18-13/h3-4,7-12,15H,1-2,5-6H2,(H,20,21). The van der Waals surface area contributed by atoms with Crippen molar-refractivity contribution in [2.24, 2.45) is 5.92 Å². The first-order valence-corrected chi connectivity index (χ1v) is 7.32. The molecule has 108 valence electrons. The van der Waals surface area contributed by atoms with Gasteiger partial charge in [0.05, 0.1) is 17.9 Å². The first-order chi connectivity index (χ1) is 10.3. The van der Waals surface area contributed by atoms with Gasteiger partial charge < -0.3 is 5.32 Å². The van der Waals surface area contributed by atoms with E-state index in [1.807, 2.05) is 18.2 Å². The summed E-state index contributed by atoms with van der Waals surface area (Å²) in [6, 6.07) is 5.77. The Hall–Kier alpha value is -2.30. The van der Waals surface area contributed by atoms with Crippen molar-refractivity contribution >= 4 is 5.91 Å². The summed E-state index contributed by atoms with van der Waals surface area (Å²) >= 11 is 0. The van der Waals surface area contributed by atoms with E-state index in [1.54, 1.807) is 12.4 Å². The van der Waals surface area contributed by atoms with Crippen LogP contribution in [-0.2, 0) is 0 Å². The molecule has 0 radical (unpaired) electrons. The molecule has 3 rings (SSSR count).